The average molecular weight is 703 g/mol. The first-order valence-electron chi connectivity index (χ1n) is 17.1. The predicted molar refractivity (Wildman–Crippen MR) is 172 cm³/mol. The molecule has 266 valence electrons. The second-order valence-electron chi connectivity index (χ2n) is 13.7. The van der Waals surface area contributed by atoms with E-state index < -0.39 is 80.4 Å². The van der Waals surface area contributed by atoms with E-state index in [4.69, 9.17) is 9.47 Å². The zero-order chi connectivity index (χ0) is 34.9. The fourth-order valence-electron chi connectivity index (χ4n) is 7.13. The second kappa shape index (κ2) is 14.1. The highest BCUT2D eigenvalue weighted by Gasteiger charge is 2.62. The molecule has 13 nitrogen and oxygen atoms in total. The zero-order valence-electron chi connectivity index (χ0n) is 27.5. The van der Waals surface area contributed by atoms with Crippen molar-refractivity contribution in [2.75, 3.05) is 13.2 Å². The number of carbonyl (C=O) groups is 5. The maximum atomic E-state index is 14.4. The van der Waals surface area contributed by atoms with Crippen LogP contribution in [0.3, 0.4) is 0 Å². The topological polar surface area (TPSA) is 168 Å². The monoisotopic (exact) mass is 702 g/mol. The summed E-state index contributed by atoms with van der Waals surface area (Å²) in [6.07, 6.45) is 6.18. The number of nitrogens with zero attached hydrogens (tertiary/aromatic N) is 2. The molecule has 1 aromatic rings. The van der Waals surface area contributed by atoms with Gasteiger partial charge in [-0.1, -0.05) is 37.1 Å². The number of carbonyl (C=O) groups excluding carboxylic acids is 5. The highest BCUT2D eigenvalue weighted by molar-refractivity contribution is 7.91. The van der Waals surface area contributed by atoms with Crippen LogP contribution >= 0.6 is 0 Å². The number of benzene rings is 1. The number of sulfonamides is 1. The summed E-state index contributed by atoms with van der Waals surface area (Å²) in [7, 11) is -3.90. The first kappa shape index (κ1) is 34.8. The quantitative estimate of drug-likeness (QED) is 0.321. The van der Waals surface area contributed by atoms with E-state index in [1.807, 2.05) is 12.2 Å². The Morgan fingerprint density at radius 2 is 1.90 bits per heavy atom. The molecule has 0 radical (unpaired) electrons. The van der Waals surface area contributed by atoms with E-state index in [0.717, 1.165) is 12.8 Å². The number of hydrogen-bond donors (Lipinski definition) is 2. The SMILES string of the molecule is CCOC(=O)C[C@H]1CCCCC/C=C\[C@@H]2C[C@@]2(C(=O)NS(=O)(=O)C2CC2)NC(=O)[C@@H]2C[C@@H](OC(=O)N3Cc4cccc(F)c4C3)CN2C1=O. The van der Waals surface area contributed by atoms with Gasteiger partial charge in [0.25, 0.3) is 5.91 Å². The molecule has 2 N–H and O–H groups in total. The van der Waals surface area contributed by atoms with Crippen molar-refractivity contribution in [1.82, 2.24) is 19.8 Å². The van der Waals surface area contributed by atoms with Crippen molar-refractivity contribution < 1.29 is 46.3 Å². The maximum Gasteiger partial charge on any atom is 0.410 e. The van der Waals surface area contributed by atoms with Crippen LogP contribution in [-0.4, -0.2) is 84.1 Å². The molecule has 49 heavy (non-hydrogen) atoms. The number of fused-ring (bicyclic) bond motifs is 3. The van der Waals surface area contributed by atoms with Gasteiger partial charge in [0.05, 0.1) is 31.4 Å². The van der Waals surface area contributed by atoms with Gasteiger partial charge in [0.1, 0.15) is 23.5 Å². The fraction of sp³-hybridized carbons (Fsp3) is 0.618. The van der Waals surface area contributed by atoms with Crippen LogP contribution in [0, 0.1) is 17.7 Å². The molecule has 6 rings (SSSR count). The maximum absolute atomic E-state index is 14.4. The van der Waals surface area contributed by atoms with Crippen molar-refractivity contribution in [3.05, 3.63) is 47.3 Å². The normalized spacial score (nSPS) is 29.3. The van der Waals surface area contributed by atoms with Crippen LogP contribution in [0.15, 0.2) is 30.4 Å². The van der Waals surface area contributed by atoms with Crippen LogP contribution in [0.5, 0.6) is 0 Å². The minimum Gasteiger partial charge on any atom is -0.466 e. The summed E-state index contributed by atoms with van der Waals surface area (Å²) < 4.78 is 52.9. The largest absolute Gasteiger partial charge is 0.466 e. The lowest BCUT2D eigenvalue weighted by molar-refractivity contribution is -0.150. The lowest BCUT2D eigenvalue weighted by Gasteiger charge is -2.29. The molecular formula is C34H43FN4O9S. The number of amides is 4. The van der Waals surface area contributed by atoms with Gasteiger partial charge in [-0.2, -0.15) is 0 Å². The molecule has 5 atom stereocenters. The third kappa shape index (κ3) is 7.60. The van der Waals surface area contributed by atoms with Gasteiger partial charge in [-0.05, 0) is 57.1 Å². The minimum atomic E-state index is -3.90. The van der Waals surface area contributed by atoms with Gasteiger partial charge in [0.2, 0.25) is 21.8 Å². The smallest absolute Gasteiger partial charge is 0.410 e. The van der Waals surface area contributed by atoms with Crippen LogP contribution in [0.25, 0.3) is 0 Å². The minimum absolute atomic E-state index is 0.0119. The predicted octanol–water partition coefficient (Wildman–Crippen LogP) is 2.82. The van der Waals surface area contributed by atoms with Crippen LogP contribution < -0.4 is 10.0 Å². The molecule has 5 aliphatic rings. The van der Waals surface area contributed by atoms with E-state index in [1.165, 1.54) is 15.9 Å². The van der Waals surface area contributed by atoms with Gasteiger partial charge in [-0.15, -0.1) is 0 Å². The first-order valence-corrected chi connectivity index (χ1v) is 18.7. The molecule has 0 bridgehead atoms. The van der Waals surface area contributed by atoms with Crippen molar-refractivity contribution in [2.45, 2.75) is 107 Å². The van der Waals surface area contributed by atoms with E-state index in [9.17, 15) is 36.8 Å². The number of esters is 1. The summed E-state index contributed by atoms with van der Waals surface area (Å²) in [4.78, 5) is 70.3. The van der Waals surface area contributed by atoms with E-state index in [0.29, 0.717) is 43.2 Å². The van der Waals surface area contributed by atoms with Gasteiger partial charge in [-0.25, -0.2) is 17.6 Å². The third-order valence-corrected chi connectivity index (χ3v) is 11.9. The number of allylic oxidation sites excluding steroid dienone is 1. The molecule has 2 saturated carbocycles. The Kier molecular flexibility index (Phi) is 10.0. The number of ether oxygens (including phenoxy) is 2. The van der Waals surface area contributed by atoms with Crippen molar-refractivity contribution in [3.63, 3.8) is 0 Å². The van der Waals surface area contributed by atoms with Crippen molar-refractivity contribution in [2.24, 2.45) is 11.8 Å². The summed E-state index contributed by atoms with van der Waals surface area (Å²) in [6.45, 7) is 1.82. The molecule has 3 aliphatic heterocycles. The standard InChI is InChI=1S/C34H43FN4O9S/c1-2-47-29(40)15-21-9-6-4-3-5-7-11-23-17-34(23,32(43)37-49(45,46)25-13-14-25)36-30(41)28-16-24(19-39(28)31(21)42)48-33(44)38-18-22-10-8-12-27(35)26(22)20-38/h7-8,10-12,21,23-25,28H,2-6,9,13-20H2,1H3,(H,36,41)(H,37,43)/b11-7-/t21-,23-,24-,28+,34-/m1/s1. The fourth-order valence-corrected chi connectivity index (χ4v) is 8.49. The van der Waals surface area contributed by atoms with Gasteiger partial charge < -0.3 is 19.7 Å². The first-order chi connectivity index (χ1) is 23.4. The van der Waals surface area contributed by atoms with E-state index in [1.54, 1.807) is 19.1 Å². The molecule has 15 heteroatoms. The molecular weight excluding hydrogens is 659 g/mol. The zero-order valence-corrected chi connectivity index (χ0v) is 28.3. The van der Waals surface area contributed by atoms with Crippen molar-refractivity contribution >= 4 is 39.8 Å². The molecule has 0 aromatic heterocycles. The molecule has 3 heterocycles. The summed E-state index contributed by atoms with van der Waals surface area (Å²) in [6, 6.07) is 3.44. The van der Waals surface area contributed by atoms with Crippen molar-refractivity contribution in [3.8, 4) is 0 Å². The number of rotatable bonds is 7. The van der Waals surface area contributed by atoms with Gasteiger partial charge in [0, 0.05) is 30.4 Å². The van der Waals surface area contributed by atoms with Gasteiger partial charge in [0.15, 0.2) is 0 Å². The molecule has 0 spiro atoms. The Morgan fingerprint density at radius 3 is 2.63 bits per heavy atom. The third-order valence-electron chi connectivity index (χ3n) is 10.1. The molecule has 1 saturated heterocycles. The Morgan fingerprint density at radius 1 is 1.10 bits per heavy atom. The van der Waals surface area contributed by atoms with Gasteiger partial charge in [-0.3, -0.25) is 28.8 Å². The Labute approximate surface area is 285 Å². The highest BCUT2D eigenvalue weighted by atomic mass is 32.2. The molecule has 2 aliphatic carbocycles. The van der Waals surface area contributed by atoms with Gasteiger partial charge >= 0.3 is 12.1 Å². The van der Waals surface area contributed by atoms with E-state index in [-0.39, 0.29) is 45.5 Å². The summed E-state index contributed by atoms with van der Waals surface area (Å²) >= 11 is 0. The lowest BCUT2D eigenvalue weighted by Crippen LogP contribution is -2.57. The molecule has 1 aromatic carbocycles. The lowest BCUT2D eigenvalue weighted by atomic mass is 9.95. The summed E-state index contributed by atoms with van der Waals surface area (Å²) in [5.41, 5.74) is -0.475. The number of nitrogens with one attached hydrogen (secondary N) is 2. The number of hydrogen-bond acceptors (Lipinski definition) is 9. The Balaban J connectivity index is 1.24. The van der Waals surface area contributed by atoms with Crippen LogP contribution in [0.2, 0.25) is 0 Å². The Bertz CT molecular complexity index is 1650. The molecule has 0 unspecified atom stereocenters. The van der Waals surface area contributed by atoms with Crippen LogP contribution in [0.4, 0.5) is 9.18 Å². The Hall–Kier alpha value is -4.01. The average Bonchev–Trinajstić information content (AvgIpc) is 3.94. The van der Waals surface area contributed by atoms with Crippen LogP contribution in [-0.2, 0) is 51.8 Å². The van der Waals surface area contributed by atoms with Crippen LogP contribution in [0.1, 0.15) is 82.3 Å². The van der Waals surface area contributed by atoms with E-state index in [2.05, 4.69) is 10.0 Å². The highest BCUT2D eigenvalue weighted by Crippen LogP contribution is 2.46. The molecule has 4 amide bonds. The van der Waals surface area contributed by atoms with Crippen molar-refractivity contribution in [1.29, 1.82) is 0 Å². The number of halogens is 1. The summed E-state index contributed by atoms with van der Waals surface area (Å²) in [5, 5.41) is 2.14. The molecule has 3 fully saturated rings. The second-order valence-corrected chi connectivity index (χ2v) is 15.7. The van der Waals surface area contributed by atoms with E-state index >= 15 is 0 Å². The summed E-state index contributed by atoms with van der Waals surface area (Å²) in [5.74, 6) is -4.21.